The van der Waals surface area contributed by atoms with E-state index in [1.165, 1.54) is 13.8 Å². The molecular formula is C13H24N4O5. The number of carbonyl (C=O) groups excluding carboxylic acids is 4. The molecule has 3 amide bonds. The number of carbonyl (C=O) groups is 4. The van der Waals surface area contributed by atoms with Crippen molar-refractivity contribution in [3.63, 3.8) is 0 Å². The van der Waals surface area contributed by atoms with Crippen molar-refractivity contribution in [3.05, 3.63) is 0 Å². The van der Waals surface area contributed by atoms with Crippen LogP contribution < -0.4 is 22.1 Å². The first-order valence-electron chi connectivity index (χ1n) is 6.85. The zero-order valence-electron chi connectivity index (χ0n) is 13.2. The normalized spacial score (nSPS) is 14.6. The molecule has 9 nitrogen and oxygen atoms in total. The monoisotopic (exact) mass is 316 g/mol. The molecule has 0 saturated heterocycles. The summed E-state index contributed by atoms with van der Waals surface area (Å²) in [4.78, 5) is 45.3. The van der Waals surface area contributed by atoms with Crippen molar-refractivity contribution in [1.82, 2.24) is 10.6 Å². The van der Waals surface area contributed by atoms with Crippen LogP contribution in [0.3, 0.4) is 0 Å². The van der Waals surface area contributed by atoms with Gasteiger partial charge in [0.2, 0.25) is 17.7 Å². The predicted octanol–water partition coefficient (Wildman–Crippen LogP) is -1.99. The van der Waals surface area contributed by atoms with Crippen LogP contribution in [0.5, 0.6) is 0 Å². The van der Waals surface area contributed by atoms with Crippen molar-refractivity contribution in [2.75, 3.05) is 6.54 Å². The van der Waals surface area contributed by atoms with E-state index >= 15 is 0 Å². The highest BCUT2D eigenvalue weighted by Crippen LogP contribution is 2.07. The average molecular weight is 316 g/mol. The lowest BCUT2D eigenvalue weighted by molar-refractivity contribution is -0.155. The molecule has 0 aliphatic carbocycles. The number of hydrogen-bond donors (Lipinski definition) is 4. The second kappa shape index (κ2) is 8.98. The molecule has 0 saturated carbocycles. The van der Waals surface area contributed by atoms with Gasteiger partial charge in [-0.1, -0.05) is 13.8 Å². The van der Waals surface area contributed by atoms with Crippen molar-refractivity contribution < 1.29 is 23.9 Å². The molecule has 3 atom stereocenters. The molecule has 0 fully saturated rings. The highest BCUT2D eigenvalue weighted by atomic mass is 16.5. The second-order valence-electron chi connectivity index (χ2n) is 5.27. The van der Waals surface area contributed by atoms with E-state index in [0.717, 1.165) is 0 Å². The molecule has 0 aromatic rings. The number of hydrogen-bond acceptors (Lipinski definition) is 6. The summed E-state index contributed by atoms with van der Waals surface area (Å²) in [7, 11) is 0. The molecule has 0 aliphatic heterocycles. The van der Waals surface area contributed by atoms with Gasteiger partial charge < -0.3 is 26.8 Å². The van der Waals surface area contributed by atoms with Crippen molar-refractivity contribution in [2.24, 2.45) is 17.4 Å². The van der Waals surface area contributed by atoms with E-state index in [4.69, 9.17) is 16.2 Å². The van der Waals surface area contributed by atoms with E-state index in [-0.39, 0.29) is 18.4 Å². The first-order valence-corrected chi connectivity index (χ1v) is 6.85. The van der Waals surface area contributed by atoms with Gasteiger partial charge in [0.1, 0.15) is 18.2 Å². The zero-order chi connectivity index (χ0) is 17.4. The molecule has 0 aliphatic rings. The van der Waals surface area contributed by atoms with Crippen LogP contribution >= 0.6 is 0 Å². The van der Waals surface area contributed by atoms with Crippen LogP contribution in [0.25, 0.3) is 0 Å². The molecule has 0 aromatic carbocycles. The Labute approximate surface area is 129 Å². The fourth-order valence-corrected chi connectivity index (χ4v) is 1.55. The van der Waals surface area contributed by atoms with E-state index in [1.807, 2.05) is 0 Å². The lowest BCUT2D eigenvalue weighted by atomic mass is 10.0. The van der Waals surface area contributed by atoms with Gasteiger partial charge in [0.15, 0.2) is 0 Å². The number of esters is 1. The molecule has 0 aromatic heterocycles. The maximum absolute atomic E-state index is 12.0. The molecular weight excluding hydrogens is 292 g/mol. The minimum absolute atomic E-state index is 0.191. The van der Waals surface area contributed by atoms with Crippen molar-refractivity contribution in [1.29, 1.82) is 0 Å². The van der Waals surface area contributed by atoms with Crippen LogP contribution in [0, 0.1) is 5.92 Å². The maximum atomic E-state index is 12.0. The van der Waals surface area contributed by atoms with Gasteiger partial charge in [-0.2, -0.15) is 0 Å². The lowest BCUT2D eigenvalue weighted by Gasteiger charge is -2.25. The van der Waals surface area contributed by atoms with Crippen LogP contribution in [0.4, 0.5) is 0 Å². The van der Waals surface area contributed by atoms with Crippen LogP contribution in [0.1, 0.15) is 27.7 Å². The Morgan fingerprint density at radius 2 is 1.68 bits per heavy atom. The quantitative estimate of drug-likeness (QED) is 0.380. The third kappa shape index (κ3) is 7.02. The van der Waals surface area contributed by atoms with E-state index in [9.17, 15) is 19.2 Å². The van der Waals surface area contributed by atoms with Crippen molar-refractivity contribution in [3.8, 4) is 0 Å². The summed E-state index contributed by atoms with van der Waals surface area (Å²) in [6.07, 6.45) is -0.935. The maximum Gasteiger partial charge on any atom is 0.329 e. The largest absolute Gasteiger partial charge is 0.459 e. The van der Waals surface area contributed by atoms with Gasteiger partial charge in [0, 0.05) is 6.92 Å². The SMILES string of the molecule is CC(=O)N[C@H](C(=O)O[C@H](C)[C@H](N)C(=O)NCC(N)=O)C(C)C. The van der Waals surface area contributed by atoms with Gasteiger partial charge >= 0.3 is 5.97 Å². The fraction of sp³-hybridized carbons (Fsp3) is 0.692. The van der Waals surface area contributed by atoms with Gasteiger partial charge in [-0.3, -0.25) is 14.4 Å². The number of ether oxygens (including phenoxy) is 1. The summed E-state index contributed by atoms with van der Waals surface area (Å²) in [5.74, 6) is -2.62. The first kappa shape index (κ1) is 19.8. The Morgan fingerprint density at radius 1 is 1.14 bits per heavy atom. The number of nitrogens with two attached hydrogens (primary N) is 2. The average Bonchev–Trinajstić information content (AvgIpc) is 2.40. The Hall–Kier alpha value is -2.16. The van der Waals surface area contributed by atoms with Crippen LogP contribution in [0.15, 0.2) is 0 Å². The predicted molar refractivity (Wildman–Crippen MR) is 78.2 cm³/mol. The smallest absolute Gasteiger partial charge is 0.329 e. The number of rotatable bonds is 8. The minimum atomic E-state index is -1.16. The molecule has 9 heteroatoms. The van der Waals surface area contributed by atoms with Crippen LogP contribution in [0.2, 0.25) is 0 Å². The Kier molecular flexibility index (Phi) is 8.10. The standard InChI is InChI=1S/C13H24N4O5/c1-6(2)11(17-8(4)18)13(21)22-7(3)10(15)12(20)16-5-9(14)19/h6-7,10-11H,5,15H2,1-4H3,(H2,14,19)(H,16,20)(H,17,18)/t7-,10+,11+/m1/s1. The van der Waals surface area contributed by atoms with E-state index in [1.54, 1.807) is 13.8 Å². The molecule has 0 rings (SSSR count). The highest BCUT2D eigenvalue weighted by molar-refractivity contribution is 5.88. The highest BCUT2D eigenvalue weighted by Gasteiger charge is 2.30. The summed E-state index contributed by atoms with van der Waals surface area (Å²) in [5, 5.41) is 4.70. The molecule has 126 valence electrons. The van der Waals surface area contributed by atoms with Gasteiger partial charge in [-0.15, -0.1) is 0 Å². The summed E-state index contributed by atoms with van der Waals surface area (Å²) >= 11 is 0. The van der Waals surface area contributed by atoms with Gasteiger partial charge in [0.25, 0.3) is 0 Å². The van der Waals surface area contributed by atoms with Crippen molar-refractivity contribution in [2.45, 2.75) is 45.9 Å². The second-order valence-corrected chi connectivity index (χ2v) is 5.27. The minimum Gasteiger partial charge on any atom is -0.459 e. The Balaban J connectivity index is 4.63. The molecule has 0 unspecified atom stereocenters. The molecule has 0 bridgehead atoms. The van der Waals surface area contributed by atoms with Crippen LogP contribution in [-0.2, 0) is 23.9 Å². The number of nitrogens with one attached hydrogen (secondary N) is 2. The molecule has 0 radical (unpaired) electrons. The van der Waals surface area contributed by atoms with E-state index < -0.39 is 36.0 Å². The van der Waals surface area contributed by atoms with Gasteiger partial charge in [-0.05, 0) is 12.8 Å². The number of primary amides is 1. The zero-order valence-corrected chi connectivity index (χ0v) is 13.2. The van der Waals surface area contributed by atoms with E-state index in [0.29, 0.717) is 0 Å². The van der Waals surface area contributed by atoms with Gasteiger partial charge in [0.05, 0.1) is 6.54 Å². The third-order valence-electron chi connectivity index (χ3n) is 2.83. The molecule has 22 heavy (non-hydrogen) atoms. The topological polar surface area (TPSA) is 154 Å². The molecule has 0 spiro atoms. The Morgan fingerprint density at radius 3 is 2.09 bits per heavy atom. The number of amides is 3. The fourth-order valence-electron chi connectivity index (χ4n) is 1.55. The summed E-state index contributed by atoms with van der Waals surface area (Å²) in [6, 6.07) is -1.99. The third-order valence-corrected chi connectivity index (χ3v) is 2.83. The molecule has 6 N–H and O–H groups in total. The first-order chi connectivity index (χ1) is 10.1. The Bertz CT molecular complexity index is 438. The summed E-state index contributed by atoms with van der Waals surface area (Å²) in [5.41, 5.74) is 10.5. The van der Waals surface area contributed by atoms with Crippen molar-refractivity contribution >= 4 is 23.7 Å². The van der Waals surface area contributed by atoms with Crippen LogP contribution in [-0.4, -0.2) is 48.4 Å². The molecule has 0 heterocycles. The summed E-state index contributed by atoms with van der Waals surface area (Å²) in [6.45, 7) is 5.86. The van der Waals surface area contributed by atoms with E-state index in [2.05, 4.69) is 10.6 Å². The summed E-state index contributed by atoms with van der Waals surface area (Å²) < 4.78 is 5.11. The lowest BCUT2D eigenvalue weighted by Crippen LogP contribution is -2.52. The van der Waals surface area contributed by atoms with Gasteiger partial charge in [-0.25, -0.2) is 4.79 Å².